The summed E-state index contributed by atoms with van der Waals surface area (Å²) in [5.41, 5.74) is 7.41. The Hall–Kier alpha value is -3.06. The Kier molecular flexibility index (Phi) is 6.95. The summed E-state index contributed by atoms with van der Waals surface area (Å²) in [6, 6.07) is 8.20. The van der Waals surface area contributed by atoms with Crippen LogP contribution in [0.15, 0.2) is 30.5 Å². The summed E-state index contributed by atoms with van der Waals surface area (Å²) in [6.07, 6.45) is 2.25. The van der Waals surface area contributed by atoms with Gasteiger partial charge in [0.1, 0.15) is 0 Å². The largest absolute Gasteiger partial charge is 0.412 e. The van der Waals surface area contributed by atoms with Crippen LogP contribution in [0.1, 0.15) is 35.0 Å². The first-order chi connectivity index (χ1) is 14.4. The van der Waals surface area contributed by atoms with Gasteiger partial charge < -0.3 is 20.1 Å². The van der Waals surface area contributed by atoms with Crippen molar-refractivity contribution in [2.45, 2.75) is 40.7 Å². The maximum Gasteiger partial charge on any atom is 0.412 e. The lowest BCUT2D eigenvalue weighted by molar-refractivity contribution is 0.180. The van der Waals surface area contributed by atoms with Crippen molar-refractivity contribution >= 4 is 17.4 Å². The molecule has 0 saturated heterocycles. The number of aryl methyl sites for hydroxylation is 4. The molecule has 0 aliphatic carbocycles. The van der Waals surface area contributed by atoms with Crippen molar-refractivity contribution in [2.24, 2.45) is 0 Å². The van der Waals surface area contributed by atoms with E-state index in [4.69, 9.17) is 14.5 Å². The molecule has 3 aromatic rings. The van der Waals surface area contributed by atoms with Gasteiger partial charge in [0.25, 0.3) is 0 Å². The maximum absolute atomic E-state index is 12.1. The van der Waals surface area contributed by atoms with Crippen molar-refractivity contribution in [3.63, 3.8) is 0 Å². The van der Waals surface area contributed by atoms with Gasteiger partial charge in [-0.2, -0.15) is 0 Å². The summed E-state index contributed by atoms with van der Waals surface area (Å²) >= 11 is 0. The van der Waals surface area contributed by atoms with Crippen LogP contribution >= 0.6 is 0 Å². The normalized spacial score (nSPS) is 11.0. The number of amides is 1. The number of ether oxygens (including phenoxy) is 2. The van der Waals surface area contributed by atoms with Crippen molar-refractivity contribution in [1.82, 2.24) is 14.7 Å². The maximum atomic E-state index is 12.1. The van der Waals surface area contributed by atoms with E-state index in [9.17, 15) is 4.79 Å². The van der Waals surface area contributed by atoms with Gasteiger partial charge >= 0.3 is 6.09 Å². The van der Waals surface area contributed by atoms with E-state index >= 15 is 0 Å². The number of methoxy groups -OCH3 is 1. The summed E-state index contributed by atoms with van der Waals surface area (Å²) in [4.78, 5) is 16.8. The standard InChI is InChI=1S/C23H30N4O3/c1-6-18-9-7-8-15(2)20(18)13-25-21-12-19(30-23(28)24-10-11-29-5)14-27-17(4)16(3)26-22(21)27/h7-9,12,14,25H,6,10-11,13H2,1-5H3,(H,24,28). The zero-order chi connectivity index (χ0) is 21.7. The van der Waals surface area contributed by atoms with E-state index in [1.54, 1.807) is 13.3 Å². The molecule has 1 amide bonds. The Morgan fingerprint density at radius 2 is 2.03 bits per heavy atom. The van der Waals surface area contributed by atoms with Gasteiger partial charge in [-0.3, -0.25) is 4.40 Å². The topological polar surface area (TPSA) is 76.9 Å². The molecule has 1 aromatic carbocycles. The molecule has 0 aliphatic heterocycles. The second-order valence-electron chi connectivity index (χ2n) is 7.29. The fourth-order valence-corrected chi connectivity index (χ4v) is 3.46. The fourth-order valence-electron chi connectivity index (χ4n) is 3.46. The third-order valence-corrected chi connectivity index (χ3v) is 5.30. The monoisotopic (exact) mass is 410 g/mol. The minimum absolute atomic E-state index is 0.388. The first-order valence-corrected chi connectivity index (χ1v) is 10.2. The predicted octanol–water partition coefficient (Wildman–Crippen LogP) is 4.17. The zero-order valence-electron chi connectivity index (χ0n) is 18.3. The quantitative estimate of drug-likeness (QED) is 0.545. The molecular weight excluding hydrogens is 380 g/mol. The third kappa shape index (κ3) is 4.74. The predicted molar refractivity (Wildman–Crippen MR) is 118 cm³/mol. The smallest absolute Gasteiger partial charge is 0.409 e. The second-order valence-corrected chi connectivity index (χ2v) is 7.29. The Bertz CT molecular complexity index is 1040. The van der Waals surface area contributed by atoms with E-state index in [1.165, 1.54) is 16.7 Å². The number of fused-ring (bicyclic) bond motifs is 1. The molecule has 160 valence electrons. The molecule has 3 rings (SSSR count). The molecule has 0 radical (unpaired) electrons. The van der Waals surface area contributed by atoms with Gasteiger partial charge in [-0.25, -0.2) is 9.78 Å². The van der Waals surface area contributed by atoms with Crippen LogP contribution in [-0.2, 0) is 17.7 Å². The molecule has 0 spiro atoms. The minimum atomic E-state index is -0.515. The molecule has 7 nitrogen and oxygen atoms in total. The number of hydrogen-bond donors (Lipinski definition) is 2. The first-order valence-electron chi connectivity index (χ1n) is 10.2. The van der Waals surface area contributed by atoms with Crippen LogP contribution in [0.2, 0.25) is 0 Å². The average molecular weight is 411 g/mol. The van der Waals surface area contributed by atoms with Gasteiger partial charge in [0.2, 0.25) is 0 Å². The van der Waals surface area contributed by atoms with Crippen LogP contribution in [0.3, 0.4) is 0 Å². The van der Waals surface area contributed by atoms with Gasteiger partial charge in [0, 0.05) is 32.0 Å². The molecule has 0 fully saturated rings. The van der Waals surface area contributed by atoms with Gasteiger partial charge in [0.15, 0.2) is 11.4 Å². The summed E-state index contributed by atoms with van der Waals surface area (Å²) in [5, 5.41) is 6.18. The van der Waals surface area contributed by atoms with Crippen LogP contribution in [0.5, 0.6) is 5.75 Å². The van der Waals surface area contributed by atoms with Crippen molar-refractivity contribution < 1.29 is 14.3 Å². The summed E-state index contributed by atoms with van der Waals surface area (Å²) in [6.45, 7) is 9.74. The molecule has 2 heterocycles. The van der Waals surface area contributed by atoms with Crippen LogP contribution in [0, 0.1) is 20.8 Å². The number of nitrogens with zero attached hydrogens (tertiary/aromatic N) is 2. The Balaban J connectivity index is 1.89. The lowest BCUT2D eigenvalue weighted by atomic mass is 10.00. The molecular formula is C23H30N4O3. The lowest BCUT2D eigenvalue weighted by Gasteiger charge is -2.15. The highest BCUT2D eigenvalue weighted by atomic mass is 16.6. The fraction of sp³-hybridized carbons (Fsp3) is 0.391. The zero-order valence-corrected chi connectivity index (χ0v) is 18.3. The van der Waals surface area contributed by atoms with Crippen LogP contribution in [0.25, 0.3) is 5.65 Å². The van der Waals surface area contributed by atoms with E-state index in [0.29, 0.717) is 25.4 Å². The molecule has 0 atom stereocenters. The molecule has 0 aliphatic rings. The molecule has 0 bridgehead atoms. The Morgan fingerprint density at radius 3 is 2.77 bits per heavy atom. The highest BCUT2D eigenvalue weighted by Gasteiger charge is 2.14. The van der Waals surface area contributed by atoms with Crippen molar-refractivity contribution in [2.75, 3.05) is 25.6 Å². The van der Waals surface area contributed by atoms with Gasteiger partial charge in [0.05, 0.1) is 24.2 Å². The molecule has 2 aromatic heterocycles. The number of hydrogen-bond acceptors (Lipinski definition) is 5. The number of anilines is 1. The molecule has 0 unspecified atom stereocenters. The lowest BCUT2D eigenvalue weighted by Crippen LogP contribution is -2.29. The number of nitrogens with one attached hydrogen (secondary N) is 2. The van der Waals surface area contributed by atoms with Crippen molar-refractivity contribution in [3.05, 3.63) is 58.5 Å². The van der Waals surface area contributed by atoms with Crippen LogP contribution in [-0.4, -0.2) is 35.7 Å². The molecule has 7 heteroatoms. The minimum Gasteiger partial charge on any atom is -0.409 e. The van der Waals surface area contributed by atoms with E-state index < -0.39 is 6.09 Å². The number of rotatable bonds is 8. The van der Waals surface area contributed by atoms with E-state index in [0.717, 1.165) is 29.1 Å². The highest BCUT2D eigenvalue weighted by Crippen LogP contribution is 2.27. The Morgan fingerprint density at radius 1 is 1.23 bits per heavy atom. The Labute approximate surface area is 177 Å². The van der Waals surface area contributed by atoms with Crippen LogP contribution < -0.4 is 15.4 Å². The van der Waals surface area contributed by atoms with E-state index in [-0.39, 0.29) is 0 Å². The SMILES string of the molecule is CCc1cccc(C)c1CNc1cc(OC(=O)NCCOC)cn2c(C)c(C)nc12. The molecule has 2 N–H and O–H groups in total. The molecule has 30 heavy (non-hydrogen) atoms. The second kappa shape index (κ2) is 9.63. The van der Waals surface area contributed by atoms with Gasteiger partial charge in [-0.1, -0.05) is 25.1 Å². The van der Waals surface area contributed by atoms with E-state index in [1.807, 2.05) is 24.3 Å². The third-order valence-electron chi connectivity index (χ3n) is 5.30. The van der Waals surface area contributed by atoms with Crippen molar-refractivity contribution in [1.29, 1.82) is 0 Å². The number of imidazole rings is 1. The van der Waals surface area contributed by atoms with Crippen LogP contribution in [0.4, 0.5) is 10.5 Å². The van der Waals surface area contributed by atoms with Gasteiger partial charge in [-0.05, 0) is 43.9 Å². The van der Waals surface area contributed by atoms with Crippen molar-refractivity contribution in [3.8, 4) is 5.75 Å². The summed E-state index contributed by atoms with van der Waals surface area (Å²) in [5.74, 6) is 0.445. The number of pyridine rings is 1. The summed E-state index contributed by atoms with van der Waals surface area (Å²) < 4.78 is 12.4. The number of carbonyl (C=O) groups excluding carboxylic acids is 1. The number of benzene rings is 1. The van der Waals surface area contributed by atoms with Gasteiger partial charge in [-0.15, -0.1) is 0 Å². The van der Waals surface area contributed by atoms with E-state index in [2.05, 4.69) is 42.7 Å². The highest BCUT2D eigenvalue weighted by molar-refractivity contribution is 5.74. The first kappa shape index (κ1) is 21.6. The average Bonchev–Trinajstić information content (AvgIpc) is 3.01. The molecule has 0 saturated carbocycles. The number of aromatic nitrogens is 2. The number of carbonyl (C=O) groups is 1. The summed E-state index contributed by atoms with van der Waals surface area (Å²) in [7, 11) is 1.58.